The van der Waals surface area contributed by atoms with Crippen LogP contribution in [-0.2, 0) is 9.47 Å². The Balaban J connectivity index is 2.03. The molecular weight excluding hydrogens is 200 g/mol. The highest BCUT2D eigenvalue weighted by Crippen LogP contribution is 2.48. The molecule has 1 saturated heterocycles. The lowest BCUT2D eigenvalue weighted by Crippen LogP contribution is -2.36. The van der Waals surface area contributed by atoms with Gasteiger partial charge >= 0.3 is 0 Å². The van der Waals surface area contributed by atoms with Crippen molar-refractivity contribution >= 4 is 0 Å². The summed E-state index contributed by atoms with van der Waals surface area (Å²) in [5, 5.41) is 0. The van der Waals surface area contributed by atoms with E-state index in [9.17, 15) is 0 Å². The van der Waals surface area contributed by atoms with E-state index in [4.69, 9.17) is 9.47 Å². The molecule has 0 amide bonds. The lowest BCUT2D eigenvalue weighted by Gasteiger charge is -2.39. The van der Waals surface area contributed by atoms with E-state index in [1.807, 2.05) is 13.8 Å². The van der Waals surface area contributed by atoms with Gasteiger partial charge in [0.25, 0.3) is 0 Å². The molecule has 1 aliphatic heterocycles. The zero-order valence-electron chi connectivity index (χ0n) is 10.4. The smallest absolute Gasteiger partial charge is 0.163 e. The van der Waals surface area contributed by atoms with Crippen molar-refractivity contribution in [3.8, 4) is 0 Å². The molecule has 3 rings (SSSR count). The van der Waals surface area contributed by atoms with Crippen LogP contribution < -0.4 is 0 Å². The summed E-state index contributed by atoms with van der Waals surface area (Å²) < 4.78 is 12.1. The molecule has 0 saturated carbocycles. The highest BCUT2D eigenvalue weighted by molar-refractivity contribution is 5.40. The van der Waals surface area contributed by atoms with Crippen molar-refractivity contribution in [1.82, 2.24) is 0 Å². The molecule has 0 N–H and O–H groups in total. The van der Waals surface area contributed by atoms with Crippen LogP contribution in [0.4, 0.5) is 0 Å². The maximum absolute atomic E-state index is 6.04. The summed E-state index contributed by atoms with van der Waals surface area (Å²) in [5.41, 5.74) is 2.88. The average Bonchev–Trinajstić information content (AvgIpc) is 2.78. The standard InChI is InChI=1S/C14H19O2/c1-8-10-6-5-7-11(10)9(2)13-12(8)15-14(3,4)16-13/h5-9,12-13H,1-4H3/q-1/t8-,9-,12-,13-/m1/s1. The van der Waals surface area contributed by atoms with Gasteiger partial charge in [-0.3, -0.25) is 0 Å². The Hall–Kier alpha value is -0.730. The summed E-state index contributed by atoms with van der Waals surface area (Å²) in [6.07, 6.45) is 0.416. The predicted octanol–water partition coefficient (Wildman–Crippen LogP) is 3.15. The Morgan fingerprint density at radius 3 is 2.44 bits per heavy atom. The minimum absolute atomic E-state index is 0.208. The van der Waals surface area contributed by atoms with E-state index in [1.165, 1.54) is 11.1 Å². The third-order valence-electron chi connectivity index (χ3n) is 4.02. The van der Waals surface area contributed by atoms with Crippen LogP contribution in [0.5, 0.6) is 0 Å². The minimum atomic E-state index is -0.429. The summed E-state index contributed by atoms with van der Waals surface area (Å²) in [6.45, 7) is 8.51. The molecule has 1 aromatic carbocycles. The van der Waals surface area contributed by atoms with Gasteiger partial charge in [-0.2, -0.15) is 23.3 Å². The zero-order valence-corrected chi connectivity index (χ0v) is 10.4. The molecular formula is C14H19O2-. The van der Waals surface area contributed by atoms with Crippen LogP contribution >= 0.6 is 0 Å². The third-order valence-corrected chi connectivity index (χ3v) is 4.02. The Morgan fingerprint density at radius 1 is 1.12 bits per heavy atom. The quantitative estimate of drug-likeness (QED) is 0.624. The van der Waals surface area contributed by atoms with Gasteiger partial charge in [-0.05, 0) is 25.7 Å². The van der Waals surface area contributed by atoms with Gasteiger partial charge in [0.2, 0.25) is 0 Å². The van der Waals surface area contributed by atoms with E-state index in [0.717, 1.165) is 0 Å². The van der Waals surface area contributed by atoms with Gasteiger partial charge in [0.05, 0.1) is 12.2 Å². The highest BCUT2D eigenvalue weighted by atomic mass is 16.8. The second kappa shape index (κ2) is 3.14. The molecule has 16 heavy (non-hydrogen) atoms. The molecule has 0 unspecified atom stereocenters. The Labute approximate surface area is 96.9 Å². The van der Waals surface area contributed by atoms with E-state index in [-0.39, 0.29) is 12.2 Å². The van der Waals surface area contributed by atoms with Gasteiger partial charge in [-0.25, -0.2) is 6.07 Å². The summed E-state index contributed by atoms with van der Waals surface area (Å²) in [6, 6.07) is 6.59. The number of hydrogen-bond acceptors (Lipinski definition) is 2. The van der Waals surface area contributed by atoms with Crippen molar-refractivity contribution in [3.63, 3.8) is 0 Å². The normalized spacial score (nSPS) is 40.5. The largest absolute Gasteiger partial charge is 0.345 e. The molecule has 0 radical (unpaired) electrons. The molecule has 0 spiro atoms. The first-order valence-corrected chi connectivity index (χ1v) is 6.11. The van der Waals surface area contributed by atoms with Crippen LogP contribution in [0.15, 0.2) is 18.2 Å². The van der Waals surface area contributed by atoms with Crippen LogP contribution in [0, 0.1) is 0 Å². The highest BCUT2D eigenvalue weighted by Gasteiger charge is 2.47. The van der Waals surface area contributed by atoms with Gasteiger partial charge in [0.1, 0.15) is 0 Å². The Bertz CT molecular complexity index is 370. The van der Waals surface area contributed by atoms with Crippen LogP contribution in [0.25, 0.3) is 0 Å². The van der Waals surface area contributed by atoms with E-state index in [1.54, 1.807) is 0 Å². The van der Waals surface area contributed by atoms with E-state index < -0.39 is 5.79 Å². The maximum atomic E-state index is 6.04. The third kappa shape index (κ3) is 1.30. The van der Waals surface area contributed by atoms with Crippen molar-refractivity contribution < 1.29 is 9.47 Å². The first kappa shape index (κ1) is 10.4. The van der Waals surface area contributed by atoms with Gasteiger partial charge < -0.3 is 9.47 Å². The van der Waals surface area contributed by atoms with Gasteiger partial charge in [-0.1, -0.05) is 13.8 Å². The lowest BCUT2D eigenvalue weighted by molar-refractivity contribution is -0.148. The molecule has 1 aromatic rings. The lowest BCUT2D eigenvalue weighted by atomic mass is 9.77. The predicted molar refractivity (Wildman–Crippen MR) is 62.7 cm³/mol. The molecule has 2 nitrogen and oxygen atoms in total. The van der Waals surface area contributed by atoms with E-state index in [0.29, 0.717) is 11.8 Å². The second-order valence-electron chi connectivity index (χ2n) is 5.58. The second-order valence-corrected chi connectivity index (χ2v) is 5.58. The van der Waals surface area contributed by atoms with E-state index >= 15 is 0 Å². The maximum Gasteiger partial charge on any atom is 0.163 e. The molecule has 2 aliphatic rings. The van der Waals surface area contributed by atoms with Crippen LogP contribution in [-0.4, -0.2) is 18.0 Å². The van der Waals surface area contributed by atoms with E-state index in [2.05, 4.69) is 32.0 Å². The fraction of sp³-hybridized carbons (Fsp3) is 0.643. The zero-order chi connectivity index (χ0) is 11.5. The van der Waals surface area contributed by atoms with Crippen molar-refractivity contribution in [2.45, 2.75) is 57.5 Å². The Kier molecular flexibility index (Phi) is 2.05. The monoisotopic (exact) mass is 219 g/mol. The molecule has 4 atom stereocenters. The topological polar surface area (TPSA) is 18.5 Å². The first-order valence-electron chi connectivity index (χ1n) is 6.11. The summed E-state index contributed by atoms with van der Waals surface area (Å²) in [4.78, 5) is 0. The first-order chi connectivity index (χ1) is 7.49. The number of ether oxygens (including phenoxy) is 2. The summed E-state index contributed by atoms with van der Waals surface area (Å²) in [5.74, 6) is 0.447. The molecule has 2 heteroatoms. The summed E-state index contributed by atoms with van der Waals surface area (Å²) >= 11 is 0. The van der Waals surface area contributed by atoms with Gasteiger partial charge in [-0.15, -0.1) is 0 Å². The van der Waals surface area contributed by atoms with Crippen LogP contribution in [0.2, 0.25) is 0 Å². The van der Waals surface area contributed by atoms with Crippen molar-refractivity contribution in [2.24, 2.45) is 0 Å². The molecule has 1 fully saturated rings. The minimum Gasteiger partial charge on any atom is -0.345 e. The van der Waals surface area contributed by atoms with Crippen LogP contribution in [0.3, 0.4) is 0 Å². The van der Waals surface area contributed by atoms with Crippen LogP contribution in [0.1, 0.15) is 50.7 Å². The number of fused-ring (bicyclic) bond motifs is 2. The SMILES string of the molecule is C[C@@H]1c2cc[cH-]c2[C@@H](C)[C@H]2OC(C)(C)O[C@@H]21. The Morgan fingerprint density at radius 2 is 1.75 bits per heavy atom. The summed E-state index contributed by atoms with van der Waals surface area (Å²) in [7, 11) is 0. The molecule has 1 aliphatic carbocycles. The van der Waals surface area contributed by atoms with Gasteiger partial charge in [0, 0.05) is 0 Å². The van der Waals surface area contributed by atoms with Crippen molar-refractivity contribution in [1.29, 1.82) is 0 Å². The van der Waals surface area contributed by atoms with Gasteiger partial charge in [0.15, 0.2) is 5.79 Å². The fourth-order valence-electron chi connectivity index (χ4n) is 3.22. The molecule has 0 bridgehead atoms. The number of rotatable bonds is 0. The van der Waals surface area contributed by atoms with Crippen molar-refractivity contribution in [3.05, 3.63) is 29.3 Å². The molecule has 88 valence electrons. The van der Waals surface area contributed by atoms with Crippen molar-refractivity contribution in [2.75, 3.05) is 0 Å². The number of hydrogen-bond donors (Lipinski definition) is 0. The molecule has 0 aromatic heterocycles. The fourth-order valence-corrected chi connectivity index (χ4v) is 3.22. The average molecular weight is 219 g/mol. The molecule has 1 heterocycles.